The summed E-state index contributed by atoms with van der Waals surface area (Å²) in [5.41, 5.74) is 1.49. The van der Waals surface area contributed by atoms with Crippen LogP contribution >= 0.6 is 22.9 Å². The Labute approximate surface area is 131 Å². The Hall–Kier alpha value is -1.85. The van der Waals surface area contributed by atoms with Gasteiger partial charge in [-0.1, -0.05) is 11.6 Å². The van der Waals surface area contributed by atoms with Gasteiger partial charge in [0, 0.05) is 10.7 Å². The largest absolute Gasteiger partial charge is 0.452 e. The number of halogens is 1. The number of benzene rings is 1. The van der Waals surface area contributed by atoms with Gasteiger partial charge in [-0.3, -0.25) is 9.59 Å². The maximum atomic E-state index is 11.9. The normalized spacial score (nSPS) is 11.7. The quantitative estimate of drug-likeness (QED) is 0.857. The molecular formula is C15H14ClNO3S. The van der Waals surface area contributed by atoms with Crippen molar-refractivity contribution in [2.75, 3.05) is 5.32 Å². The SMILES string of the molecule is C[C@@H](OC(=O)Cc1ccsc1)C(=O)Nc1ccc(Cl)cc1. The molecular weight excluding hydrogens is 310 g/mol. The number of anilines is 1. The predicted octanol–water partition coefficient (Wildman–Crippen LogP) is 3.51. The van der Waals surface area contributed by atoms with Gasteiger partial charge in [0.25, 0.3) is 5.91 Å². The van der Waals surface area contributed by atoms with Crippen molar-refractivity contribution < 1.29 is 14.3 Å². The fourth-order valence-electron chi connectivity index (χ4n) is 1.63. The number of rotatable bonds is 5. The minimum Gasteiger partial charge on any atom is -0.452 e. The van der Waals surface area contributed by atoms with Crippen LogP contribution in [0.3, 0.4) is 0 Å². The molecule has 0 spiro atoms. The minimum absolute atomic E-state index is 0.169. The molecule has 0 aliphatic rings. The summed E-state index contributed by atoms with van der Waals surface area (Å²) in [6, 6.07) is 8.56. The van der Waals surface area contributed by atoms with E-state index in [4.69, 9.17) is 16.3 Å². The molecule has 1 aromatic carbocycles. The van der Waals surface area contributed by atoms with E-state index in [9.17, 15) is 9.59 Å². The molecule has 4 nitrogen and oxygen atoms in total. The van der Waals surface area contributed by atoms with Crippen LogP contribution in [0.2, 0.25) is 5.02 Å². The van der Waals surface area contributed by atoms with Crippen LogP contribution in [0.25, 0.3) is 0 Å². The molecule has 1 heterocycles. The number of amides is 1. The highest BCUT2D eigenvalue weighted by Crippen LogP contribution is 2.14. The summed E-state index contributed by atoms with van der Waals surface area (Å²) in [6.45, 7) is 1.54. The van der Waals surface area contributed by atoms with Gasteiger partial charge in [0.15, 0.2) is 6.10 Å². The minimum atomic E-state index is -0.855. The molecule has 110 valence electrons. The number of hydrogen-bond donors (Lipinski definition) is 1. The summed E-state index contributed by atoms with van der Waals surface area (Å²) >= 11 is 7.28. The average Bonchev–Trinajstić information content (AvgIpc) is 2.94. The molecule has 1 atom stereocenters. The van der Waals surface area contributed by atoms with Crippen LogP contribution in [-0.4, -0.2) is 18.0 Å². The fraction of sp³-hybridized carbons (Fsp3) is 0.200. The Balaban J connectivity index is 1.84. The van der Waals surface area contributed by atoms with Crippen LogP contribution in [-0.2, 0) is 20.7 Å². The molecule has 2 aromatic rings. The molecule has 0 aliphatic carbocycles. The van der Waals surface area contributed by atoms with E-state index < -0.39 is 12.1 Å². The second-order valence-corrected chi connectivity index (χ2v) is 5.65. The number of ether oxygens (including phenoxy) is 1. The molecule has 0 saturated carbocycles. The zero-order valence-corrected chi connectivity index (χ0v) is 12.9. The van der Waals surface area contributed by atoms with Gasteiger partial charge in [0.1, 0.15) is 0 Å². The van der Waals surface area contributed by atoms with Crippen molar-refractivity contribution in [2.45, 2.75) is 19.4 Å². The second-order valence-electron chi connectivity index (χ2n) is 4.44. The molecule has 0 bridgehead atoms. The molecule has 0 fully saturated rings. The second kappa shape index (κ2) is 7.24. The van der Waals surface area contributed by atoms with Crippen LogP contribution in [0.5, 0.6) is 0 Å². The molecule has 6 heteroatoms. The van der Waals surface area contributed by atoms with Gasteiger partial charge in [-0.05, 0) is 53.6 Å². The summed E-state index contributed by atoms with van der Waals surface area (Å²) in [5, 5.41) is 7.01. The Morgan fingerprint density at radius 2 is 2.00 bits per heavy atom. The zero-order valence-electron chi connectivity index (χ0n) is 11.3. The van der Waals surface area contributed by atoms with E-state index >= 15 is 0 Å². The molecule has 1 aromatic heterocycles. The topological polar surface area (TPSA) is 55.4 Å². The summed E-state index contributed by atoms with van der Waals surface area (Å²) in [6.07, 6.45) is -0.686. The highest BCUT2D eigenvalue weighted by atomic mass is 35.5. The van der Waals surface area contributed by atoms with Crippen molar-refractivity contribution in [2.24, 2.45) is 0 Å². The lowest BCUT2D eigenvalue weighted by Crippen LogP contribution is -2.30. The first-order chi connectivity index (χ1) is 10.0. The number of thiophene rings is 1. The standard InChI is InChI=1S/C15H14ClNO3S/c1-10(20-14(18)8-11-6-7-21-9-11)15(19)17-13-4-2-12(16)3-5-13/h2-7,9-10H,8H2,1H3,(H,17,19)/t10-/m1/s1. The summed E-state index contributed by atoms with van der Waals surface area (Å²) in [5.74, 6) is -0.803. The van der Waals surface area contributed by atoms with Gasteiger partial charge in [-0.25, -0.2) is 0 Å². The lowest BCUT2D eigenvalue weighted by molar-refractivity contribution is -0.152. The van der Waals surface area contributed by atoms with Crippen LogP contribution in [0.1, 0.15) is 12.5 Å². The number of carbonyl (C=O) groups excluding carboxylic acids is 2. The van der Waals surface area contributed by atoms with Crippen molar-refractivity contribution in [3.63, 3.8) is 0 Å². The van der Waals surface area contributed by atoms with Crippen LogP contribution in [0, 0.1) is 0 Å². The number of hydrogen-bond acceptors (Lipinski definition) is 4. The smallest absolute Gasteiger partial charge is 0.311 e. The molecule has 21 heavy (non-hydrogen) atoms. The van der Waals surface area contributed by atoms with Crippen molar-refractivity contribution in [3.05, 3.63) is 51.7 Å². The number of esters is 1. The zero-order chi connectivity index (χ0) is 15.2. The third-order valence-electron chi connectivity index (χ3n) is 2.72. The lowest BCUT2D eigenvalue weighted by atomic mass is 10.2. The van der Waals surface area contributed by atoms with Gasteiger partial charge in [-0.2, -0.15) is 11.3 Å². The van der Waals surface area contributed by atoms with E-state index in [0.717, 1.165) is 5.56 Å². The summed E-state index contributed by atoms with van der Waals surface area (Å²) in [4.78, 5) is 23.6. The monoisotopic (exact) mass is 323 g/mol. The lowest BCUT2D eigenvalue weighted by Gasteiger charge is -2.13. The first kappa shape index (κ1) is 15.5. The van der Waals surface area contributed by atoms with E-state index in [2.05, 4.69) is 5.32 Å². The molecule has 0 radical (unpaired) electrons. The molecule has 0 saturated heterocycles. The highest BCUT2D eigenvalue weighted by molar-refractivity contribution is 7.07. The van der Waals surface area contributed by atoms with E-state index in [1.807, 2.05) is 16.8 Å². The van der Waals surface area contributed by atoms with Gasteiger partial charge >= 0.3 is 5.97 Å². The first-order valence-corrected chi connectivity index (χ1v) is 7.63. The third kappa shape index (κ3) is 4.88. The predicted molar refractivity (Wildman–Crippen MR) is 83.7 cm³/mol. The van der Waals surface area contributed by atoms with Crippen molar-refractivity contribution in [1.82, 2.24) is 0 Å². The Bertz CT molecular complexity index is 610. The van der Waals surface area contributed by atoms with Gasteiger partial charge in [0.2, 0.25) is 0 Å². The average molecular weight is 324 g/mol. The first-order valence-electron chi connectivity index (χ1n) is 6.31. The van der Waals surface area contributed by atoms with Crippen molar-refractivity contribution >= 4 is 40.5 Å². The van der Waals surface area contributed by atoms with E-state index in [1.165, 1.54) is 18.3 Å². The molecule has 2 rings (SSSR count). The van der Waals surface area contributed by atoms with Crippen molar-refractivity contribution in [3.8, 4) is 0 Å². The number of carbonyl (C=O) groups is 2. The molecule has 0 aliphatic heterocycles. The van der Waals surface area contributed by atoms with E-state index in [1.54, 1.807) is 24.3 Å². The maximum absolute atomic E-state index is 11.9. The van der Waals surface area contributed by atoms with E-state index in [0.29, 0.717) is 10.7 Å². The van der Waals surface area contributed by atoms with Gasteiger partial charge < -0.3 is 10.1 Å². The van der Waals surface area contributed by atoms with Crippen molar-refractivity contribution in [1.29, 1.82) is 0 Å². The Morgan fingerprint density at radius 3 is 2.62 bits per heavy atom. The maximum Gasteiger partial charge on any atom is 0.311 e. The fourth-order valence-corrected chi connectivity index (χ4v) is 2.42. The summed E-state index contributed by atoms with van der Waals surface area (Å²) in [7, 11) is 0. The van der Waals surface area contributed by atoms with E-state index in [-0.39, 0.29) is 12.3 Å². The van der Waals surface area contributed by atoms with Crippen LogP contribution in [0.4, 0.5) is 5.69 Å². The number of nitrogens with one attached hydrogen (secondary N) is 1. The Morgan fingerprint density at radius 1 is 1.29 bits per heavy atom. The van der Waals surface area contributed by atoms with Crippen LogP contribution < -0.4 is 5.32 Å². The third-order valence-corrected chi connectivity index (χ3v) is 3.70. The molecule has 1 N–H and O–H groups in total. The van der Waals surface area contributed by atoms with Crippen LogP contribution in [0.15, 0.2) is 41.1 Å². The molecule has 1 amide bonds. The molecule has 0 unspecified atom stereocenters. The Kier molecular flexibility index (Phi) is 5.36. The van der Waals surface area contributed by atoms with Gasteiger partial charge in [-0.15, -0.1) is 0 Å². The highest BCUT2D eigenvalue weighted by Gasteiger charge is 2.18. The summed E-state index contributed by atoms with van der Waals surface area (Å²) < 4.78 is 5.11. The van der Waals surface area contributed by atoms with Gasteiger partial charge in [0.05, 0.1) is 6.42 Å².